The molecule has 0 atom stereocenters. The molecule has 1 aliphatic rings. The Bertz CT molecular complexity index is 610. The number of benzene rings is 1. The average molecular weight is 293 g/mol. The molecule has 4 N–H and O–H groups in total. The van der Waals surface area contributed by atoms with Crippen LogP contribution in [0, 0.1) is 15.5 Å². The Morgan fingerprint density at radius 1 is 1.43 bits per heavy atom. The second-order valence-electron chi connectivity index (χ2n) is 5.15. The molecule has 0 spiro atoms. The zero-order valence-corrected chi connectivity index (χ0v) is 11.2. The summed E-state index contributed by atoms with van der Waals surface area (Å²) in [5.74, 6) is -1.66. The van der Waals surface area contributed by atoms with Crippen molar-refractivity contribution in [3.05, 3.63) is 33.9 Å². The number of carboxylic acid groups (broad SMARTS) is 1. The molecule has 21 heavy (non-hydrogen) atoms. The van der Waals surface area contributed by atoms with Crippen molar-refractivity contribution < 1.29 is 19.6 Å². The van der Waals surface area contributed by atoms with Gasteiger partial charge in [0.15, 0.2) is 0 Å². The second kappa shape index (κ2) is 5.39. The average Bonchev–Trinajstić information content (AvgIpc) is 2.36. The van der Waals surface area contributed by atoms with E-state index in [2.05, 4.69) is 5.32 Å². The molecule has 0 aromatic heterocycles. The first-order valence-electron chi connectivity index (χ1n) is 6.41. The fourth-order valence-corrected chi connectivity index (χ4v) is 2.32. The summed E-state index contributed by atoms with van der Waals surface area (Å²) in [6, 6.07) is 3.82. The first-order valence-corrected chi connectivity index (χ1v) is 6.41. The van der Waals surface area contributed by atoms with Crippen LogP contribution in [-0.2, 0) is 4.79 Å². The number of carboxylic acids is 1. The first-order chi connectivity index (χ1) is 9.85. The predicted octanol–water partition coefficient (Wildman–Crippen LogP) is 1.36. The zero-order valence-electron chi connectivity index (χ0n) is 11.2. The lowest BCUT2D eigenvalue weighted by molar-refractivity contribution is -0.384. The Labute approximate surface area is 120 Å². The largest absolute Gasteiger partial charge is 0.481 e. The number of hydrogen-bond donors (Lipinski definition) is 3. The van der Waals surface area contributed by atoms with Gasteiger partial charge < -0.3 is 16.2 Å². The summed E-state index contributed by atoms with van der Waals surface area (Å²) in [7, 11) is 0. The predicted molar refractivity (Wildman–Crippen MR) is 74.0 cm³/mol. The Hall–Kier alpha value is -2.64. The quantitative estimate of drug-likeness (QED) is 0.535. The number of nitro groups is 1. The van der Waals surface area contributed by atoms with E-state index in [9.17, 15) is 24.8 Å². The summed E-state index contributed by atoms with van der Waals surface area (Å²) < 4.78 is 0. The van der Waals surface area contributed by atoms with Crippen molar-refractivity contribution in [1.82, 2.24) is 0 Å². The maximum atomic E-state index is 11.3. The smallest absolute Gasteiger partial charge is 0.311 e. The highest BCUT2D eigenvalue weighted by Crippen LogP contribution is 2.41. The highest BCUT2D eigenvalue weighted by atomic mass is 16.6. The van der Waals surface area contributed by atoms with E-state index in [1.54, 1.807) is 0 Å². The van der Waals surface area contributed by atoms with Crippen molar-refractivity contribution in [3.8, 4) is 0 Å². The minimum absolute atomic E-state index is 0.0313. The summed E-state index contributed by atoms with van der Waals surface area (Å²) in [4.78, 5) is 32.7. The molecule has 1 saturated carbocycles. The SMILES string of the molecule is NC(=O)c1ccc(NCC2(C(=O)O)CCC2)c([N+](=O)[O-])c1. The maximum Gasteiger partial charge on any atom is 0.311 e. The van der Waals surface area contributed by atoms with E-state index < -0.39 is 22.2 Å². The number of nitrogens with two attached hydrogens (primary N) is 1. The van der Waals surface area contributed by atoms with Gasteiger partial charge in [0.05, 0.1) is 10.3 Å². The van der Waals surface area contributed by atoms with Crippen LogP contribution >= 0.6 is 0 Å². The third kappa shape index (κ3) is 2.78. The number of aliphatic carboxylic acids is 1. The molecule has 0 unspecified atom stereocenters. The van der Waals surface area contributed by atoms with E-state index in [-0.39, 0.29) is 23.5 Å². The van der Waals surface area contributed by atoms with Crippen LogP contribution in [0.4, 0.5) is 11.4 Å². The van der Waals surface area contributed by atoms with E-state index in [0.717, 1.165) is 12.5 Å². The van der Waals surface area contributed by atoms with Gasteiger partial charge in [0.2, 0.25) is 5.91 Å². The van der Waals surface area contributed by atoms with Crippen LogP contribution in [0.2, 0.25) is 0 Å². The summed E-state index contributed by atoms with van der Waals surface area (Å²) in [5.41, 5.74) is 4.13. The Morgan fingerprint density at radius 3 is 2.52 bits per heavy atom. The van der Waals surface area contributed by atoms with Gasteiger partial charge >= 0.3 is 5.97 Å². The lowest BCUT2D eigenvalue weighted by Gasteiger charge is -2.37. The van der Waals surface area contributed by atoms with Crippen molar-refractivity contribution in [2.75, 3.05) is 11.9 Å². The number of anilines is 1. The lowest BCUT2D eigenvalue weighted by atomic mass is 9.69. The molecule has 0 aliphatic heterocycles. The van der Waals surface area contributed by atoms with Crippen LogP contribution in [0.15, 0.2) is 18.2 Å². The maximum absolute atomic E-state index is 11.3. The van der Waals surface area contributed by atoms with Gasteiger partial charge in [-0.25, -0.2) is 0 Å². The van der Waals surface area contributed by atoms with Crippen LogP contribution in [-0.4, -0.2) is 28.5 Å². The van der Waals surface area contributed by atoms with Crippen LogP contribution < -0.4 is 11.1 Å². The van der Waals surface area contributed by atoms with Crippen molar-refractivity contribution in [2.24, 2.45) is 11.1 Å². The van der Waals surface area contributed by atoms with Gasteiger partial charge in [-0.2, -0.15) is 0 Å². The number of primary amides is 1. The molecular formula is C13H15N3O5. The fourth-order valence-electron chi connectivity index (χ4n) is 2.32. The molecule has 0 heterocycles. The summed E-state index contributed by atoms with van der Waals surface area (Å²) in [6.07, 6.45) is 1.92. The monoisotopic (exact) mass is 293 g/mol. The minimum Gasteiger partial charge on any atom is -0.481 e. The molecular weight excluding hydrogens is 278 g/mol. The second-order valence-corrected chi connectivity index (χ2v) is 5.15. The Morgan fingerprint density at radius 2 is 2.10 bits per heavy atom. The van der Waals surface area contributed by atoms with Gasteiger partial charge in [0, 0.05) is 18.2 Å². The molecule has 0 saturated heterocycles. The molecule has 0 radical (unpaired) electrons. The standard InChI is InChI=1S/C13H15N3O5/c14-11(17)8-2-3-9(10(6-8)16(20)21)15-7-13(12(18)19)4-1-5-13/h2-3,6,15H,1,4-5,7H2,(H2,14,17)(H,18,19). The molecule has 2 rings (SSSR count). The summed E-state index contributed by atoms with van der Waals surface area (Å²) in [6.45, 7) is 0.110. The fraction of sp³-hybridized carbons (Fsp3) is 0.385. The van der Waals surface area contributed by atoms with E-state index in [0.29, 0.717) is 12.8 Å². The molecule has 1 aromatic rings. The van der Waals surface area contributed by atoms with Crippen molar-refractivity contribution in [3.63, 3.8) is 0 Å². The molecule has 0 bridgehead atoms. The van der Waals surface area contributed by atoms with E-state index in [1.165, 1.54) is 12.1 Å². The number of carbonyl (C=O) groups excluding carboxylic acids is 1. The van der Waals surface area contributed by atoms with Crippen LogP contribution in [0.3, 0.4) is 0 Å². The number of nitro benzene ring substituents is 1. The topological polar surface area (TPSA) is 136 Å². The molecule has 1 aromatic carbocycles. The van der Waals surface area contributed by atoms with E-state index in [1.807, 2.05) is 0 Å². The van der Waals surface area contributed by atoms with E-state index in [4.69, 9.17) is 5.73 Å². The van der Waals surface area contributed by atoms with Crippen LogP contribution in [0.1, 0.15) is 29.6 Å². The highest BCUT2D eigenvalue weighted by molar-refractivity contribution is 5.94. The third-order valence-corrected chi connectivity index (χ3v) is 3.86. The molecule has 8 nitrogen and oxygen atoms in total. The summed E-state index contributed by atoms with van der Waals surface area (Å²) >= 11 is 0. The van der Waals surface area contributed by atoms with Gasteiger partial charge in [0.25, 0.3) is 5.69 Å². The van der Waals surface area contributed by atoms with Gasteiger partial charge in [-0.05, 0) is 25.0 Å². The number of carbonyl (C=O) groups is 2. The number of amides is 1. The summed E-state index contributed by atoms with van der Waals surface area (Å²) in [5, 5.41) is 23.1. The van der Waals surface area contributed by atoms with Crippen molar-refractivity contribution in [2.45, 2.75) is 19.3 Å². The normalized spacial score (nSPS) is 15.8. The number of nitrogens with one attached hydrogen (secondary N) is 1. The van der Waals surface area contributed by atoms with Crippen LogP contribution in [0.5, 0.6) is 0 Å². The van der Waals surface area contributed by atoms with E-state index >= 15 is 0 Å². The van der Waals surface area contributed by atoms with Crippen molar-refractivity contribution >= 4 is 23.3 Å². The molecule has 1 fully saturated rings. The third-order valence-electron chi connectivity index (χ3n) is 3.86. The number of hydrogen-bond acceptors (Lipinski definition) is 5. The Kier molecular flexibility index (Phi) is 3.79. The van der Waals surface area contributed by atoms with Gasteiger partial charge in [0.1, 0.15) is 5.69 Å². The van der Waals surface area contributed by atoms with Crippen molar-refractivity contribution in [1.29, 1.82) is 0 Å². The highest BCUT2D eigenvalue weighted by Gasteiger charge is 2.44. The lowest BCUT2D eigenvalue weighted by Crippen LogP contribution is -2.43. The van der Waals surface area contributed by atoms with Gasteiger partial charge in [-0.3, -0.25) is 19.7 Å². The van der Waals surface area contributed by atoms with Gasteiger partial charge in [-0.15, -0.1) is 0 Å². The van der Waals surface area contributed by atoms with Crippen LogP contribution in [0.25, 0.3) is 0 Å². The zero-order chi connectivity index (χ0) is 15.6. The first kappa shape index (κ1) is 14.8. The molecule has 1 amide bonds. The minimum atomic E-state index is -0.905. The number of nitrogens with zero attached hydrogens (tertiary/aromatic N) is 1. The molecule has 8 heteroatoms. The number of rotatable bonds is 6. The molecule has 112 valence electrons. The Balaban J connectivity index is 2.22. The molecule has 1 aliphatic carbocycles. The van der Waals surface area contributed by atoms with Gasteiger partial charge in [-0.1, -0.05) is 6.42 Å².